The Morgan fingerprint density at radius 1 is 0.325 bits per heavy atom. The maximum absolute atomic E-state index is 10.7. The van der Waals surface area contributed by atoms with Crippen molar-refractivity contribution in [2.45, 2.75) is 110 Å². The summed E-state index contributed by atoms with van der Waals surface area (Å²) in [7, 11) is 0. The average molecular weight is 1510 g/mol. The van der Waals surface area contributed by atoms with Crippen molar-refractivity contribution in [2.24, 2.45) is 0 Å². The van der Waals surface area contributed by atoms with Gasteiger partial charge in [-0.15, -0.1) is 0 Å². The molecule has 0 amide bonds. The molecule has 0 unspecified atom stereocenters. The van der Waals surface area contributed by atoms with Gasteiger partial charge in [-0.25, -0.2) is 0 Å². The Hall–Kier alpha value is -13.9. The molecule has 19 aromatic rings. The van der Waals surface area contributed by atoms with E-state index in [1.165, 1.54) is 27.8 Å². The van der Waals surface area contributed by atoms with Crippen molar-refractivity contribution < 1.29 is 8.83 Å². The van der Waals surface area contributed by atoms with Crippen LogP contribution in [0.25, 0.3) is 110 Å². The molecule has 20 rings (SSSR count). The van der Waals surface area contributed by atoms with E-state index in [9.17, 15) is 10.5 Å². The molecule has 117 heavy (non-hydrogen) atoms. The largest absolute Gasteiger partial charge is 0.455 e. The fourth-order valence-corrected chi connectivity index (χ4v) is 19.1. The Kier molecular flexibility index (Phi) is 16.5. The Morgan fingerprint density at radius 3 is 1.13 bits per heavy atom. The number of rotatable bonds is 13. The Labute approximate surface area is 682 Å². The lowest BCUT2D eigenvalue weighted by Gasteiger charge is -2.36. The molecule has 0 saturated heterocycles. The van der Waals surface area contributed by atoms with Gasteiger partial charge >= 0.3 is 0 Å². The monoisotopic (exact) mass is 1510 g/mol. The molecule has 1 aliphatic carbocycles. The molecule has 8 heteroatoms. The zero-order chi connectivity index (χ0) is 80.2. The summed E-state index contributed by atoms with van der Waals surface area (Å²) in [6, 6.07) is 122. The van der Waals surface area contributed by atoms with Crippen LogP contribution in [0, 0.1) is 22.7 Å². The predicted molar refractivity (Wildman–Crippen MR) is 485 cm³/mol. The van der Waals surface area contributed by atoms with Crippen molar-refractivity contribution in [1.82, 2.24) is 9.13 Å². The van der Waals surface area contributed by atoms with E-state index in [2.05, 4.69) is 417 Å². The Bertz CT molecular complexity index is 7150. The van der Waals surface area contributed by atoms with Gasteiger partial charge in [-0.1, -0.05) is 282 Å². The summed E-state index contributed by atoms with van der Waals surface area (Å²) in [5, 5.41) is 29.9. The first-order valence-electron chi connectivity index (χ1n) is 40.7. The molecule has 0 radical (unpaired) electrons. The number of anilines is 6. The second kappa shape index (κ2) is 26.9. The van der Waals surface area contributed by atoms with E-state index >= 15 is 0 Å². The number of nitrogens with zero attached hydrogens (tertiary/aromatic N) is 6. The van der Waals surface area contributed by atoms with Gasteiger partial charge in [-0.3, -0.25) is 0 Å². The summed E-state index contributed by atoms with van der Waals surface area (Å²) >= 11 is 0. The number of para-hydroxylation sites is 5. The molecule has 0 fully saturated rings. The lowest BCUT2D eigenvalue weighted by Crippen LogP contribution is -2.29. The fraction of sp³-hybridized carbons (Fsp3) is 0.156. The van der Waals surface area contributed by atoms with Crippen molar-refractivity contribution >= 4 is 122 Å². The average Bonchev–Trinajstić information content (AvgIpc) is 1.50. The maximum atomic E-state index is 10.7. The molecule has 0 saturated carbocycles. The zero-order valence-corrected chi connectivity index (χ0v) is 67.8. The van der Waals surface area contributed by atoms with Crippen molar-refractivity contribution in [3.05, 3.63) is 383 Å². The van der Waals surface area contributed by atoms with E-state index in [0.29, 0.717) is 11.1 Å². The molecule has 0 aliphatic heterocycles. The number of nitriles is 2. The van der Waals surface area contributed by atoms with Crippen LogP contribution in [-0.2, 0) is 33.5 Å². The van der Waals surface area contributed by atoms with Gasteiger partial charge in [0.2, 0.25) is 0 Å². The number of fused-ring (bicyclic) bond motifs is 17. The standard InChI is InChI=1S/C109H88N6O2/c1-105(2,3)71-43-51-77(52-44-71)112(78-53-45-72(46-54-78)106(4,5)6)95-63-88-102(104-99(95)84-35-21-26-40-97(84)117-104)101-87(109(88,75-28-14-12-15-29-75)76-30-16-13-17-31-76)64-96(103-100(101)85-36-22-27-41-98(85)116-103)113(79-55-47-73(48-56-79)107(7,8)9)80-57-49-74(50-58-80)108(10,11)65-68-42-59-92-86(60-68)83-34-20-25-39-91(83)115(92)94-62-70(67-111)69(66-110)61-93(94)114-89-37-23-18-32-81(89)82-33-19-24-38-90(82)114/h12-64H,65H2,1-11H3. The van der Waals surface area contributed by atoms with Gasteiger partial charge < -0.3 is 27.8 Å². The van der Waals surface area contributed by atoms with Gasteiger partial charge in [-0.05, 0) is 193 Å². The molecule has 0 bridgehead atoms. The van der Waals surface area contributed by atoms with Gasteiger partial charge in [0, 0.05) is 71.6 Å². The molecule has 0 N–H and O–H groups in total. The fourth-order valence-electron chi connectivity index (χ4n) is 19.1. The minimum Gasteiger partial charge on any atom is -0.455 e. The third-order valence-electron chi connectivity index (χ3n) is 24.9. The molecular formula is C109H88N6O2. The number of furan rings is 2. The topological polar surface area (TPSA) is 90.2 Å². The first kappa shape index (κ1) is 72.1. The van der Waals surface area contributed by atoms with Crippen LogP contribution in [0.5, 0.6) is 0 Å². The van der Waals surface area contributed by atoms with Crippen LogP contribution in [0.3, 0.4) is 0 Å². The molecule has 0 spiro atoms. The highest BCUT2D eigenvalue weighted by Gasteiger charge is 2.51. The highest BCUT2D eigenvalue weighted by atomic mass is 16.3. The summed E-state index contributed by atoms with van der Waals surface area (Å²) in [5.41, 5.74) is 26.5. The summed E-state index contributed by atoms with van der Waals surface area (Å²) in [5.74, 6) is 0. The molecule has 0 atom stereocenters. The smallest absolute Gasteiger partial charge is 0.160 e. The third kappa shape index (κ3) is 11.4. The molecule has 4 heterocycles. The van der Waals surface area contributed by atoms with E-state index in [1.807, 2.05) is 12.1 Å². The second-order valence-corrected chi connectivity index (χ2v) is 35.6. The molecule has 566 valence electrons. The molecule has 4 aromatic heterocycles. The summed E-state index contributed by atoms with van der Waals surface area (Å²) in [6.07, 6.45) is 0.735. The minimum absolute atomic E-state index is 0.0681. The lowest BCUT2D eigenvalue weighted by molar-refractivity contribution is 0.523. The number of hydrogen-bond donors (Lipinski definition) is 0. The van der Waals surface area contributed by atoms with Crippen molar-refractivity contribution in [2.75, 3.05) is 9.80 Å². The van der Waals surface area contributed by atoms with Crippen LogP contribution in [-0.4, -0.2) is 9.13 Å². The summed E-state index contributed by atoms with van der Waals surface area (Å²) in [4.78, 5) is 4.91. The van der Waals surface area contributed by atoms with Crippen LogP contribution in [0.1, 0.15) is 137 Å². The Balaban J connectivity index is 0.782. The SMILES string of the molecule is CC(C)(C)c1ccc(N(c2ccc(C(C)(C)Cc3ccc4c(c3)c3ccccc3n4-c3cc(C#N)c(C#N)cc3-n3c4ccccc4c4ccccc43)cc2)c2cc3c(c4c2oc2ccccc24)-c2c(cc(N(c4ccc(C(C)(C)C)cc4)c4ccc(C(C)(C)C)cc4)c4c2oc2ccccc24)C3(c2ccccc2)c2ccccc2)cc1. The normalized spacial score (nSPS) is 13.0. The zero-order valence-electron chi connectivity index (χ0n) is 67.8. The van der Waals surface area contributed by atoms with Crippen LogP contribution in [0.2, 0.25) is 0 Å². The molecule has 8 nitrogen and oxygen atoms in total. The van der Waals surface area contributed by atoms with E-state index < -0.39 is 5.41 Å². The van der Waals surface area contributed by atoms with E-state index in [0.717, 1.165) is 173 Å². The van der Waals surface area contributed by atoms with Gasteiger partial charge in [-0.2, -0.15) is 10.5 Å². The highest BCUT2D eigenvalue weighted by molar-refractivity contribution is 6.26. The van der Waals surface area contributed by atoms with Gasteiger partial charge in [0.05, 0.1) is 66.7 Å². The van der Waals surface area contributed by atoms with Crippen LogP contribution in [0.15, 0.2) is 330 Å². The van der Waals surface area contributed by atoms with Crippen molar-refractivity contribution in [3.63, 3.8) is 0 Å². The first-order valence-corrected chi connectivity index (χ1v) is 40.7. The molecule has 1 aliphatic rings. The predicted octanol–water partition coefficient (Wildman–Crippen LogP) is 29.1. The van der Waals surface area contributed by atoms with Crippen LogP contribution >= 0.6 is 0 Å². The summed E-state index contributed by atoms with van der Waals surface area (Å²) < 4.78 is 19.8. The highest BCUT2D eigenvalue weighted by Crippen LogP contribution is 2.65. The number of aromatic nitrogens is 2. The van der Waals surface area contributed by atoms with E-state index in [-0.39, 0.29) is 21.7 Å². The van der Waals surface area contributed by atoms with Crippen LogP contribution in [0.4, 0.5) is 34.1 Å². The van der Waals surface area contributed by atoms with E-state index in [4.69, 9.17) is 8.83 Å². The van der Waals surface area contributed by atoms with Crippen molar-refractivity contribution in [1.29, 1.82) is 10.5 Å². The number of hydrogen-bond acceptors (Lipinski definition) is 6. The molecule has 15 aromatic carbocycles. The summed E-state index contributed by atoms with van der Waals surface area (Å²) in [6.45, 7) is 25.2. The van der Waals surface area contributed by atoms with Crippen molar-refractivity contribution in [3.8, 4) is 34.6 Å². The minimum atomic E-state index is -0.969. The van der Waals surface area contributed by atoms with Gasteiger partial charge in [0.1, 0.15) is 28.9 Å². The van der Waals surface area contributed by atoms with Gasteiger partial charge in [0.15, 0.2) is 5.58 Å². The van der Waals surface area contributed by atoms with Gasteiger partial charge in [0.25, 0.3) is 0 Å². The quantitative estimate of drug-likeness (QED) is 0.114. The second-order valence-electron chi connectivity index (χ2n) is 35.6. The lowest BCUT2D eigenvalue weighted by atomic mass is 9.67. The van der Waals surface area contributed by atoms with E-state index in [1.54, 1.807) is 0 Å². The molecular weight excluding hydrogens is 1430 g/mol. The van der Waals surface area contributed by atoms with Crippen LogP contribution < -0.4 is 9.80 Å². The third-order valence-corrected chi connectivity index (χ3v) is 24.9. The number of benzene rings is 15. The Morgan fingerprint density at radius 2 is 0.684 bits per heavy atom. The first-order chi connectivity index (χ1) is 56.6. The maximum Gasteiger partial charge on any atom is 0.160 e.